The van der Waals surface area contributed by atoms with Gasteiger partial charge in [0, 0.05) is 11.8 Å². The summed E-state index contributed by atoms with van der Waals surface area (Å²) in [6, 6.07) is 8.07. The molecule has 2 rings (SSSR count). The van der Waals surface area contributed by atoms with Crippen molar-refractivity contribution in [1.29, 1.82) is 0 Å². The average Bonchev–Trinajstić information content (AvgIpc) is 2.23. The molecule has 0 aliphatic carbocycles. The molecular weight excluding hydrogens is 215 g/mol. The van der Waals surface area contributed by atoms with Crippen LogP contribution in [0.1, 0.15) is 0 Å². The number of aromatic nitrogens is 1. The summed E-state index contributed by atoms with van der Waals surface area (Å²) in [5, 5.41) is 0.113. The fraction of sp³-hybridized carbons (Fsp3) is 0. The van der Waals surface area contributed by atoms with Gasteiger partial charge in [0.05, 0.1) is 5.02 Å². The van der Waals surface area contributed by atoms with Gasteiger partial charge < -0.3 is 5.73 Å². The predicted molar refractivity (Wildman–Crippen MR) is 59.1 cm³/mol. The minimum atomic E-state index is -0.439. The Morgan fingerprint density at radius 2 is 1.87 bits per heavy atom. The van der Waals surface area contributed by atoms with E-state index in [9.17, 15) is 4.39 Å². The molecule has 15 heavy (non-hydrogen) atoms. The molecule has 1 heterocycles. The average molecular weight is 223 g/mol. The fourth-order valence-corrected chi connectivity index (χ4v) is 1.37. The van der Waals surface area contributed by atoms with Crippen molar-refractivity contribution in [3.8, 4) is 11.1 Å². The zero-order valence-corrected chi connectivity index (χ0v) is 8.50. The van der Waals surface area contributed by atoms with Gasteiger partial charge in [0.1, 0.15) is 11.6 Å². The Balaban J connectivity index is 2.45. The largest absolute Gasteiger partial charge is 0.384 e. The van der Waals surface area contributed by atoms with Crippen LogP contribution < -0.4 is 5.73 Å². The summed E-state index contributed by atoms with van der Waals surface area (Å²) in [7, 11) is 0. The minimum Gasteiger partial charge on any atom is -0.384 e. The van der Waals surface area contributed by atoms with Crippen molar-refractivity contribution in [2.24, 2.45) is 0 Å². The van der Waals surface area contributed by atoms with Crippen LogP contribution in [0.5, 0.6) is 0 Å². The third kappa shape index (κ3) is 2.07. The number of benzene rings is 1. The van der Waals surface area contributed by atoms with E-state index in [0.29, 0.717) is 5.82 Å². The lowest BCUT2D eigenvalue weighted by atomic mass is 10.1. The number of nitrogens with zero attached hydrogens (tertiary/aromatic N) is 1. The molecule has 0 spiro atoms. The van der Waals surface area contributed by atoms with Gasteiger partial charge in [0.15, 0.2) is 0 Å². The van der Waals surface area contributed by atoms with Crippen LogP contribution in [-0.2, 0) is 0 Å². The Morgan fingerprint density at radius 1 is 1.13 bits per heavy atom. The summed E-state index contributed by atoms with van der Waals surface area (Å²) in [5.74, 6) is -0.000762. The lowest BCUT2D eigenvalue weighted by Crippen LogP contribution is -1.89. The van der Waals surface area contributed by atoms with Crippen molar-refractivity contribution in [2.75, 3.05) is 5.73 Å². The Bertz CT molecular complexity index is 482. The van der Waals surface area contributed by atoms with Crippen molar-refractivity contribution in [2.45, 2.75) is 0 Å². The first-order chi connectivity index (χ1) is 7.16. The van der Waals surface area contributed by atoms with E-state index in [2.05, 4.69) is 4.98 Å². The van der Waals surface area contributed by atoms with Crippen molar-refractivity contribution >= 4 is 17.4 Å². The van der Waals surface area contributed by atoms with Crippen LogP contribution in [0.2, 0.25) is 5.02 Å². The van der Waals surface area contributed by atoms with Gasteiger partial charge in [-0.3, -0.25) is 0 Å². The third-order valence-electron chi connectivity index (χ3n) is 2.04. The summed E-state index contributed by atoms with van der Waals surface area (Å²) in [6.07, 6.45) is 1.60. The van der Waals surface area contributed by atoms with Crippen LogP contribution in [-0.4, -0.2) is 4.98 Å². The Kier molecular flexibility index (Phi) is 2.56. The molecule has 0 atom stereocenters. The van der Waals surface area contributed by atoms with Crippen LogP contribution in [0.3, 0.4) is 0 Å². The minimum absolute atomic E-state index is 0.113. The van der Waals surface area contributed by atoms with Gasteiger partial charge in [-0.1, -0.05) is 17.7 Å². The van der Waals surface area contributed by atoms with Gasteiger partial charge in [-0.15, -0.1) is 0 Å². The molecule has 0 saturated heterocycles. The molecule has 1 aromatic carbocycles. The molecule has 0 aliphatic rings. The summed E-state index contributed by atoms with van der Waals surface area (Å²) in [4.78, 5) is 3.93. The Hall–Kier alpha value is -1.61. The summed E-state index contributed by atoms with van der Waals surface area (Å²) in [6.45, 7) is 0. The zero-order valence-electron chi connectivity index (χ0n) is 7.74. The lowest BCUT2D eigenvalue weighted by Gasteiger charge is -2.02. The first kappa shape index (κ1) is 9.93. The quantitative estimate of drug-likeness (QED) is 0.805. The molecule has 2 aromatic rings. The molecule has 1 aromatic heterocycles. The number of hydrogen-bond acceptors (Lipinski definition) is 2. The number of anilines is 1. The highest BCUT2D eigenvalue weighted by atomic mass is 35.5. The van der Waals surface area contributed by atoms with Gasteiger partial charge in [-0.25, -0.2) is 9.37 Å². The lowest BCUT2D eigenvalue weighted by molar-refractivity contribution is 0.629. The van der Waals surface area contributed by atoms with Gasteiger partial charge in [-0.05, 0) is 29.8 Å². The van der Waals surface area contributed by atoms with E-state index in [-0.39, 0.29) is 5.02 Å². The smallest absolute Gasteiger partial charge is 0.142 e. The molecule has 4 heteroatoms. The van der Waals surface area contributed by atoms with Crippen molar-refractivity contribution < 1.29 is 4.39 Å². The molecule has 0 amide bonds. The fourth-order valence-electron chi connectivity index (χ4n) is 1.25. The normalized spacial score (nSPS) is 10.3. The van der Waals surface area contributed by atoms with Gasteiger partial charge >= 0.3 is 0 Å². The highest BCUT2D eigenvalue weighted by molar-refractivity contribution is 6.30. The second kappa shape index (κ2) is 3.87. The highest BCUT2D eigenvalue weighted by Gasteiger charge is 2.03. The Labute approximate surface area is 91.5 Å². The first-order valence-electron chi connectivity index (χ1n) is 4.34. The highest BCUT2D eigenvalue weighted by Crippen LogP contribution is 2.23. The molecule has 0 unspecified atom stereocenters. The second-order valence-electron chi connectivity index (χ2n) is 3.10. The summed E-state index contributed by atoms with van der Waals surface area (Å²) in [5.41, 5.74) is 6.98. The number of nitrogens with two attached hydrogens (primary N) is 1. The van der Waals surface area contributed by atoms with Gasteiger partial charge in [0.25, 0.3) is 0 Å². The van der Waals surface area contributed by atoms with Crippen LogP contribution >= 0.6 is 11.6 Å². The number of halogens is 2. The van der Waals surface area contributed by atoms with Gasteiger partial charge in [0.2, 0.25) is 0 Å². The van der Waals surface area contributed by atoms with E-state index < -0.39 is 5.82 Å². The maximum Gasteiger partial charge on any atom is 0.142 e. The van der Waals surface area contributed by atoms with E-state index in [0.717, 1.165) is 11.1 Å². The van der Waals surface area contributed by atoms with Crippen molar-refractivity contribution in [3.63, 3.8) is 0 Å². The van der Waals surface area contributed by atoms with Gasteiger partial charge in [-0.2, -0.15) is 0 Å². The predicted octanol–water partition coefficient (Wildman–Crippen LogP) is 3.12. The maximum atomic E-state index is 13.2. The first-order valence-corrected chi connectivity index (χ1v) is 4.71. The van der Waals surface area contributed by atoms with Crippen molar-refractivity contribution in [3.05, 3.63) is 47.4 Å². The van der Waals surface area contributed by atoms with Crippen LogP contribution in [0.4, 0.5) is 10.2 Å². The molecule has 0 fully saturated rings. The van der Waals surface area contributed by atoms with E-state index in [1.54, 1.807) is 24.4 Å². The number of rotatable bonds is 1. The molecule has 0 bridgehead atoms. The zero-order chi connectivity index (χ0) is 10.8. The summed E-state index contributed by atoms with van der Waals surface area (Å²) < 4.78 is 13.2. The Morgan fingerprint density at radius 3 is 2.47 bits per heavy atom. The summed E-state index contributed by atoms with van der Waals surface area (Å²) >= 11 is 5.58. The standard InChI is InChI=1S/C11H8ClFN2/c12-9-3-1-7(5-10(9)13)8-2-4-11(14)15-6-8/h1-6H,(H2,14,15). The van der Waals surface area contributed by atoms with E-state index >= 15 is 0 Å². The number of hydrogen-bond donors (Lipinski definition) is 1. The molecule has 2 nitrogen and oxygen atoms in total. The van der Waals surface area contributed by atoms with E-state index in [4.69, 9.17) is 17.3 Å². The third-order valence-corrected chi connectivity index (χ3v) is 2.35. The molecule has 0 aliphatic heterocycles. The molecular formula is C11H8ClFN2. The van der Waals surface area contributed by atoms with E-state index in [1.807, 2.05) is 0 Å². The van der Waals surface area contributed by atoms with E-state index in [1.165, 1.54) is 12.1 Å². The SMILES string of the molecule is Nc1ccc(-c2ccc(Cl)c(F)c2)cn1. The second-order valence-corrected chi connectivity index (χ2v) is 3.51. The topological polar surface area (TPSA) is 38.9 Å². The maximum absolute atomic E-state index is 13.2. The molecule has 0 radical (unpaired) electrons. The van der Waals surface area contributed by atoms with Crippen LogP contribution in [0.15, 0.2) is 36.5 Å². The van der Waals surface area contributed by atoms with Crippen molar-refractivity contribution in [1.82, 2.24) is 4.98 Å². The number of nitrogen functional groups attached to an aromatic ring is 1. The number of pyridine rings is 1. The monoisotopic (exact) mass is 222 g/mol. The molecule has 2 N–H and O–H groups in total. The van der Waals surface area contributed by atoms with Crippen LogP contribution in [0, 0.1) is 5.82 Å². The van der Waals surface area contributed by atoms with Crippen LogP contribution in [0.25, 0.3) is 11.1 Å². The molecule has 0 saturated carbocycles. The molecule has 76 valence electrons.